The second-order valence-corrected chi connectivity index (χ2v) is 4.83. The number of fused-ring (bicyclic) bond motifs is 1. The average Bonchev–Trinajstić information content (AvgIpc) is 2.93. The molecule has 0 radical (unpaired) electrons. The Morgan fingerprint density at radius 2 is 2.30 bits per heavy atom. The molecular weight excluding hydrogens is 280 g/mol. The Hall–Kier alpha value is -1.30. The van der Waals surface area contributed by atoms with Crippen LogP contribution < -0.4 is 10.6 Å². The van der Waals surface area contributed by atoms with Crippen LogP contribution in [0.5, 0.6) is 0 Å². The fraction of sp³-hybridized carbons (Fsp3) is 0.500. The molecule has 5 nitrogen and oxygen atoms in total. The van der Waals surface area contributed by atoms with Crippen molar-refractivity contribution in [1.82, 2.24) is 5.32 Å². The molecule has 0 aromatic heterocycles. The molecule has 1 amide bonds. The van der Waals surface area contributed by atoms with Crippen molar-refractivity contribution in [3.63, 3.8) is 0 Å². The van der Waals surface area contributed by atoms with Crippen LogP contribution in [0.4, 0.5) is 5.69 Å². The van der Waals surface area contributed by atoms with E-state index in [1.54, 1.807) is 0 Å². The normalized spacial score (nSPS) is 20.5. The van der Waals surface area contributed by atoms with Gasteiger partial charge in [0, 0.05) is 24.3 Å². The Morgan fingerprint density at radius 1 is 1.40 bits per heavy atom. The molecule has 20 heavy (non-hydrogen) atoms. The lowest BCUT2D eigenvalue weighted by Crippen LogP contribution is -2.39. The Balaban J connectivity index is 0.00000147. The minimum atomic E-state index is -0.0520. The van der Waals surface area contributed by atoms with Gasteiger partial charge in [-0.2, -0.15) is 0 Å². The van der Waals surface area contributed by atoms with E-state index in [1.165, 1.54) is 5.56 Å². The van der Waals surface area contributed by atoms with Crippen LogP contribution >= 0.6 is 12.4 Å². The molecule has 0 aliphatic carbocycles. The maximum atomic E-state index is 12.1. The molecule has 1 aromatic rings. The first-order valence-electron chi connectivity index (χ1n) is 6.67. The van der Waals surface area contributed by atoms with Gasteiger partial charge in [-0.3, -0.25) is 4.79 Å². The van der Waals surface area contributed by atoms with Gasteiger partial charge in [0.05, 0.1) is 25.9 Å². The second-order valence-electron chi connectivity index (χ2n) is 4.83. The smallest absolute Gasteiger partial charge is 0.251 e. The summed E-state index contributed by atoms with van der Waals surface area (Å²) in [7, 11) is 0. The summed E-state index contributed by atoms with van der Waals surface area (Å²) in [6.45, 7) is 3.24. The van der Waals surface area contributed by atoms with Gasteiger partial charge in [-0.25, -0.2) is 0 Å². The van der Waals surface area contributed by atoms with Crippen molar-refractivity contribution in [2.24, 2.45) is 0 Å². The minimum absolute atomic E-state index is 0. The molecule has 0 saturated carbocycles. The zero-order valence-electron chi connectivity index (χ0n) is 11.2. The van der Waals surface area contributed by atoms with Crippen molar-refractivity contribution in [3.8, 4) is 0 Å². The molecule has 1 fully saturated rings. The number of ether oxygens (including phenoxy) is 2. The predicted molar refractivity (Wildman–Crippen MR) is 78.8 cm³/mol. The van der Waals surface area contributed by atoms with Crippen LogP contribution in [0.15, 0.2) is 18.2 Å². The number of halogens is 1. The summed E-state index contributed by atoms with van der Waals surface area (Å²) in [5.74, 6) is -0.0520. The van der Waals surface area contributed by atoms with Crippen molar-refractivity contribution in [1.29, 1.82) is 0 Å². The molecule has 2 N–H and O–H groups in total. The number of rotatable bonds is 3. The number of carbonyl (C=O) groups is 1. The standard InChI is InChI=1S/C14H18N2O3.ClH/c17-14(16-8-12-9-18-5-6-19-12)11-1-2-13-10(7-11)3-4-15-13;/h1-2,7,12,15H,3-6,8-9H2,(H,16,17);1H. The zero-order valence-corrected chi connectivity index (χ0v) is 12.0. The number of carbonyl (C=O) groups excluding carboxylic acids is 1. The lowest BCUT2D eigenvalue weighted by Gasteiger charge is -2.23. The van der Waals surface area contributed by atoms with Gasteiger partial charge in [0.15, 0.2) is 0 Å². The van der Waals surface area contributed by atoms with Crippen molar-refractivity contribution in [2.75, 3.05) is 38.2 Å². The lowest BCUT2D eigenvalue weighted by atomic mass is 10.1. The van der Waals surface area contributed by atoms with Crippen LogP contribution in [0, 0.1) is 0 Å². The van der Waals surface area contributed by atoms with Crippen LogP contribution in [0.1, 0.15) is 15.9 Å². The van der Waals surface area contributed by atoms with Gasteiger partial charge in [-0.05, 0) is 30.2 Å². The molecular formula is C14H19ClN2O3. The molecule has 1 unspecified atom stereocenters. The number of benzene rings is 1. The molecule has 0 spiro atoms. The highest BCUT2D eigenvalue weighted by Crippen LogP contribution is 2.22. The Labute approximate surface area is 124 Å². The van der Waals surface area contributed by atoms with E-state index in [1.807, 2.05) is 18.2 Å². The largest absolute Gasteiger partial charge is 0.384 e. The molecule has 0 bridgehead atoms. The van der Waals surface area contributed by atoms with Crippen LogP contribution in [0.3, 0.4) is 0 Å². The number of hydrogen-bond donors (Lipinski definition) is 2. The molecule has 6 heteroatoms. The fourth-order valence-electron chi connectivity index (χ4n) is 2.41. The van der Waals surface area contributed by atoms with E-state index in [0.29, 0.717) is 31.9 Å². The SMILES string of the molecule is Cl.O=C(NCC1COCCO1)c1ccc2c(c1)CCN2. The molecule has 1 aromatic carbocycles. The maximum Gasteiger partial charge on any atom is 0.251 e. The van der Waals surface area contributed by atoms with E-state index in [2.05, 4.69) is 10.6 Å². The second kappa shape index (κ2) is 6.92. The average molecular weight is 299 g/mol. The van der Waals surface area contributed by atoms with Gasteiger partial charge < -0.3 is 20.1 Å². The van der Waals surface area contributed by atoms with E-state index in [9.17, 15) is 4.79 Å². The summed E-state index contributed by atoms with van der Waals surface area (Å²) in [5, 5.41) is 6.18. The predicted octanol–water partition coefficient (Wildman–Crippen LogP) is 1.22. The van der Waals surface area contributed by atoms with E-state index in [4.69, 9.17) is 9.47 Å². The summed E-state index contributed by atoms with van der Waals surface area (Å²) in [5.41, 5.74) is 3.06. The molecule has 3 rings (SSSR count). The monoisotopic (exact) mass is 298 g/mol. The summed E-state index contributed by atoms with van der Waals surface area (Å²) in [4.78, 5) is 12.1. The third-order valence-electron chi connectivity index (χ3n) is 3.45. The first-order chi connectivity index (χ1) is 9.33. The summed E-state index contributed by atoms with van der Waals surface area (Å²) in [6, 6.07) is 5.78. The van der Waals surface area contributed by atoms with E-state index >= 15 is 0 Å². The van der Waals surface area contributed by atoms with Gasteiger partial charge in [0.2, 0.25) is 0 Å². The van der Waals surface area contributed by atoms with Gasteiger partial charge >= 0.3 is 0 Å². The first-order valence-corrected chi connectivity index (χ1v) is 6.67. The molecule has 2 aliphatic heterocycles. The molecule has 2 aliphatic rings. The quantitative estimate of drug-likeness (QED) is 0.881. The Morgan fingerprint density at radius 3 is 3.10 bits per heavy atom. The van der Waals surface area contributed by atoms with E-state index < -0.39 is 0 Å². The third-order valence-corrected chi connectivity index (χ3v) is 3.45. The number of hydrogen-bond acceptors (Lipinski definition) is 4. The number of nitrogens with one attached hydrogen (secondary N) is 2. The summed E-state index contributed by atoms with van der Waals surface area (Å²) in [6.07, 6.45) is 0.949. The van der Waals surface area contributed by atoms with Crippen LogP contribution in [-0.2, 0) is 15.9 Å². The Bertz CT molecular complexity index is 475. The van der Waals surface area contributed by atoms with Gasteiger partial charge in [-0.1, -0.05) is 0 Å². The van der Waals surface area contributed by atoms with Gasteiger partial charge in [0.1, 0.15) is 0 Å². The lowest BCUT2D eigenvalue weighted by molar-refractivity contribution is -0.0855. The van der Waals surface area contributed by atoms with Crippen molar-refractivity contribution >= 4 is 24.0 Å². The first kappa shape index (κ1) is 15.1. The molecule has 110 valence electrons. The highest BCUT2D eigenvalue weighted by atomic mass is 35.5. The zero-order chi connectivity index (χ0) is 13.1. The number of amides is 1. The van der Waals surface area contributed by atoms with Gasteiger partial charge in [-0.15, -0.1) is 12.4 Å². The highest BCUT2D eigenvalue weighted by Gasteiger charge is 2.17. The summed E-state index contributed by atoms with van der Waals surface area (Å²) >= 11 is 0. The van der Waals surface area contributed by atoms with Crippen LogP contribution in [0.25, 0.3) is 0 Å². The van der Waals surface area contributed by atoms with E-state index in [-0.39, 0.29) is 24.4 Å². The third kappa shape index (κ3) is 3.42. The minimum Gasteiger partial charge on any atom is -0.384 e. The van der Waals surface area contributed by atoms with Crippen LogP contribution in [0.2, 0.25) is 0 Å². The van der Waals surface area contributed by atoms with Gasteiger partial charge in [0.25, 0.3) is 5.91 Å². The Kier molecular flexibility index (Phi) is 5.23. The molecule has 2 heterocycles. The van der Waals surface area contributed by atoms with Crippen molar-refractivity contribution < 1.29 is 14.3 Å². The molecule has 1 saturated heterocycles. The molecule has 1 atom stereocenters. The van der Waals surface area contributed by atoms with Crippen LogP contribution in [-0.4, -0.2) is 44.9 Å². The summed E-state index contributed by atoms with van der Waals surface area (Å²) < 4.78 is 10.8. The van der Waals surface area contributed by atoms with E-state index in [0.717, 1.165) is 18.7 Å². The number of anilines is 1. The fourth-order valence-corrected chi connectivity index (χ4v) is 2.41. The van der Waals surface area contributed by atoms with Crippen molar-refractivity contribution in [2.45, 2.75) is 12.5 Å². The highest BCUT2D eigenvalue weighted by molar-refractivity contribution is 5.95. The topological polar surface area (TPSA) is 59.6 Å². The van der Waals surface area contributed by atoms with Crippen molar-refractivity contribution in [3.05, 3.63) is 29.3 Å². The maximum absolute atomic E-state index is 12.1.